The Bertz CT molecular complexity index is 263. The first-order valence-corrected chi connectivity index (χ1v) is 5.05. The molecule has 0 fully saturated rings. The molecule has 0 bridgehead atoms. The average molecular weight is 249 g/mol. The second-order valence-electron chi connectivity index (χ2n) is 2.64. The summed E-state index contributed by atoms with van der Waals surface area (Å²) in [6.07, 6.45) is 2.02. The zero-order chi connectivity index (χ0) is 8.97. The highest BCUT2D eigenvalue weighted by Gasteiger charge is 1.97. The first-order chi connectivity index (χ1) is 5.74. The summed E-state index contributed by atoms with van der Waals surface area (Å²) in [7, 11) is 0. The Kier molecular flexibility index (Phi) is 4.06. The number of hydrogen-bond donors (Lipinski definition) is 1. The lowest BCUT2D eigenvalue weighted by molar-refractivity contribution is 0.832. The van der Waals surface area contributed by atoms with Gasteiger partial charge < -0.3 is 5.73 Å². The molecule has 0 unspecified atom stereocenters. The van der Waals surface area contributed by atoms with Crippen LogP contribution in [0.25, 0.3) is 0 Å². The van der Waals surface area contributed by atoms with E-state index >= 15 is 0 Å². The maximum atomic E-state index is 5.91. The molecule has 1 rings (SSSR count). The molecule has 66 valence electrons. The first-order valence-electron chi connectivity index (χ1n) is 3.88. The number of rotatable bonds is 3. The van der Waals surface area contributed by atoms with Crippen LogP contribution in [0.5, 0.6) is 0 Å². The van der Waals surface area contributed by atoms with Crippen LogP contribution < -0.4 is 5.73 Å². The highest BCUT2D eigenvalue weighted by molar-refractivity contribution is 9.10. The zero-order valence-electron chi connectivity index (χ0n) is 6.69. The van der Waals surface area contributed by atoms with E-state index in [0.717, 1.165) is 28.9 Å². The van der Waals surface area contributed by atoms with E-state index in [-0.39, 0.29) is 0 Å². The van der Waals surface area contributed by atoms with E-state index in [0.29, 0.717) is 0 Å². The lowest BCUT2D eigenvalue weighted by Crippen LogP contribution is -2.00. The average Bonchev–Trinajstić information content (AvgIpc) is 2.07. The Labute approximate surface area is 86.0 Å². The van der Waals surface area contributed by atoms with Gasteiger partial charge in [0.1, 0.15) is 0 Å². The van der Waals surface area contributed by atoms with E-state index in [2.05, 4.69) is 22.0 Å². The third kappa shape index (κ3) is 2.77. The van der Waals surface area contributed by atoms with Crippen LogP contribution in [-0.2, 0) is 6.42 Å². The molecule has 1 aromatic carbocycles. The second-order valence-corrected chi connectivity index (χ2v) is 3.90. The molecule has 1 aromatic rings. The number of aryl methyl sites for hydroxylation is 1. The van der Waals surface area contributed by atoms with Crippen LogP contribution in [0.15, 0.2) is 22.7 Å². The minimum atomic E-state index is 0.730. The molecule has 0 aliphatic heterocycles. The fourth-order valence-corrected chi connectivity index (χ4v) is 1.45. The summed E-state index contributed by atoms with van der Waals surface area (Å²) in [4.78, 5) is 0. The SMILES string of the molecule is NCCCc1ccc(Br)c(Cl)c1. The van der Waals surface area contributed by atoms with Crippen LogP contribution in [0.2, 0.25) is 5.02 Å². The quantitative estimate of drug-likeness (QED) is 0.874. The summed E-state index contributed by atoms with van der Waals surface area (Å²) in [6, 6.07) is 6.00. The summed E-state index contributed by atoms with van der Waals surface area (Å²) in [5, 5.41) is 0.768. The Morgan fingerprint density at radius 1 is 1.42 bits per heavy atom. The summed E-state index contributed by atoms with van der Waals surface area (Å²) < 4.78 is 0.945. The largest absolute Gasteiger partial charge is 0.330 e. The van der Waals surface area contributed by atoms with Gasteiger partial charge in [-0.15, -0.1) is 0 Å². The molecule has 2 N–H and O–H groups in total. The van der Waals surface area contributed by atoms with Crippen molar-refractivity contribution in [2.75, 3.05) is 6.54 Å². The van der Waals surface area contributed by atoms with Crippen molar-refractivity contribution >= 4 is 27.5 Å². The number of nitrogens with two attached hydrogens (primary N) is 1. The molecular weight excluding hydrogens is 237 g/mol. The molecule has 0 aliphatic rings. The fraction of sp³-hybridized carbons (Fsp3) is 0.333. The van der Waals surface area contributed by atoms with E-state index in [1.165, 1.54) is 5.56 Å². The molecule has 0 heterocycles. The zero-order valence-corrected chi connectivity index (χ0v) is 9.03. The standard InChI is InChI=1S/C9H11BrClN/c10-8-4-3-7(2-1-5-12)6-9(8)11/h3-4,6H,1-2,5,12H2. The van der Waals surface area contributed by atoms with Gasteiger partial charge in [0.15, 0.2) is 0 Å². The minimum absolute atomic E-state index is 0.730. The van der Waals surface area contributed by atoms with Gasteiger partial charge in [0.2, 0.25) is 0 Å². The molecular formula is C9H11BrClN. The molecule has 0 atom stereocenters. The molecule has 0 spiro atoms. The first kappa shape index (κ1) is 10.0. The summed E-state index contributed by atoms with van der Waals surface area (Å²) in [6.45, 7) is 0.730. The minimum Gasteiger partial charge on any atom is -0.330 e. The Hall–Kier alpha value is -0.0500. The van der Waals surface area contributed by atoms with Crippen molar-refractivity contribution in [2.45, 2.75) is 12.8 Å². The van der Waals surface area contributed by atoms with E-state index in [1.807, 2.05) is 12.1 Å². The molecule has 0 saturated heterocycles. The summed E-state index contributed by atoms with van der Waals surface area (Å²) >= 11 is 9.26. The summed E-state index contributed by atoms with van der Waals surface area (Å²) in [5.41, 5.74) is 6.65. The monoisotopic (exact) mass is 247 g/mol. The predicted molar refractivity (Wildman–Crippen MR) is 56.5 cm³/mol. The maximum absolute atomic E-state index is 5.91. The van der Waals surface area contributed by atoms with Gasteiger partial charge in [-0.25, -0.2) is 0 Å². The van der Waals surface area contributed by atoms with E-state index < -0.39 is 0 Å². The highest BCUT2D eigenvalue weighted by Crippen LogP contribution is 2.23. The fourth-order valence-electron chi connectivity index (χ4n) is 1.00. The normalized spacial score (nSPS) is 10.2. The van der Waals surface area contributed by atoms with Crippen molar-refractivity contribution in [3.63, 3.8) is 0 Å². The van der Waals surface area contributed by atoms with Crippen LogP contribution >= 0.6 is 27.5 Å². The maximum Gasteiger partial charge on any atom is 0.0550 e. The van der Waals surface area contributed by atoms with E-state index in [1.54, 1.807) is 0 Å². The molecule has 0 saturated carbocycles. The van der Waals surface area contributed by atoms with Gasteiger partial charge in [0.05, 0.1) is 5.02 Å². The van der Waals surface area contributed by atoms with Crippen LogP contribution in [-0.4, -0.2) is 6.54 Å². The number of halogens is 2. The molecule has 1 nitrogen and oxygen atoms in total. The molecule has 0 radical (unpaired) electrons. The van der Waals surface area contributed by atoms with Crippen molar-refractivity contribution in [2.24, 2.45) is 5.73 Å². The molecule has 0 aromatic heterocycles. The van der Waals surface area contributed by atoms with Gasteiger partial charge in [-0.3, -0.25) is 0 Å². The highest BCUT2D eigenvalue weighted by atomic mass is 79.9. The van der Waals surface area contributed by atoms with E-state index in [4.69, 9.17) is 17.3 Å². The molecule has 0 amide bonds. The van der Waals surface area contributed by atoms with Gasteiger partial charge in [0, 0.05) is 4.47 Å². The van der Waals surface area contributed by atoms with Gasteiger partial charge >= 0.3 is 0 Å². The summed E-state index contributed by atoms with van der Waals surface area (Å²) in [5.74, 6) is 0. The van der Waals surface area contributed by atoms with Gasteiger partial charge in [0.25, 0.3) is 0 Å². The Morgan fingerprint density at radius 2 is 2.17 bits per heavy atom. The van der Waals surface area contributed by atoms with Crippen molar-refractivity contribution in [3.05, 3.63) is 33.3 Å². The lowest BCUT2D eigenvalue weighted by Gasteiger charge is -2.01. The van der Waals surface area contributed by atoms with Crippen LogP contribution in [0.4, 0.5) is 0 Å². The third-order valence-corrected chi connectivity index (χ3v) is 2.89. The number of benzene rings is 1. The topological polar surface area (TPSA) is 26.0 Å². The van der Waals surface area contributed by atoms with Gasteiger partial charge in [-0.2, -0.15) is 0 Å². The predicted octanol–water partition coefficient (Wildman–Crippen LogP) is 2.99. The van der Waals surface area contributed by atoms with Crippen molar-refractivity contribution in [1.29, 1.82) is 0 Å². The van der Waals surface area contributed by atoms with E-state index in [9.17, 15) is 0 Å². The Morgan fingerprint density at radius 3 is 2.75 bits per heavy atom. The van der Waals surface area contributed by atoms with Gasteiger partial charge in [-0.1, -0.05) is 17.7 Å². The van der Waals surface area contributed by atoms with Gasteiger partial charge in [-0.05, 0) is 53.0 Å². The molecule has 0 aliphatic carbocycles. The van der Waals surface area contributed by atoms with Crippen LogP contribution in [0.1, 0.15) is 12.0 Å². The molecule has 12 heavy (non-hydrogen) atoms. The van der Waals surface area contributed by atoms with Crippen molar-refractivity contribution in [3.8, 4) is 0 Å². The smallest absolute Gasteiger partial charge is 0.0550 e. The number of hydrogen-bond acceptors (Lipinski definition) is 1. The van der Waals surface area contributed by atoms with Crippen molar-refractivity contribution < 1.29 is 0 Å². The van der Waals surface area contributed by atoms with Crippen LogP contribution in [0, 0.1) is 0 Å². The lowest BCUT2D eigenvalue weighted by atomic mass is 10.1. The second kappa shape index (κ2) is 4.85. The van der Waals surface area contributed by atoms with Crippen molar-refractivity contribution in [1.82, 2.24) is 0 Å². The molecule has 3 heteroatoms. The third-order valence-electron chi connectivity index (χ3n) is 1.65. The Balaban J connectivity index is 2.69. The van der Waals surface area contributed by atoms with Crippen LogP contribution in [0.3, 0.4) is 0 Å².